The van der Waals surface area contributed by atoms with E-state index in [-0.39, 0.29) is 14.2 Å². The summed E-state index contributed by atoms with van der Waals surface area (Å²) < 4.78 is 23.9. The van der Waals surface area contributed by atoms with Gasteiger partial charge in [-0.15, -0.1) is 0 Å². The molecule has 2 fully saturated rings. The number of benzene rings is 1. The van der Waals surface area contributed by atoms with Crippen LogP contribution >= 0.6 is 11.3 Å². The molecule has 7 heteroatoms. The molecule has 2 saturated heterocycles. The Kier molecular flexibility index (Phi) is 3.83. The minimum atomic E-state index is -0.325. The number of hydrogen-bond donors (Lipinski definition) is 0. The lowest BCUT2D eigenvalue weighted by Gasteiger charge is -2.11. The molecule has 0 radical (unpaired) electrons. The maximum absolute atomic E-state index is 5.73. The smallest absolute Gasteiger partial charge is 0.405 e. The highest BCUT2D eigenvalue weighted by Gasteiger charge is 2.39. The van der Waals surface area contributed by atoms with Gasteiger partial charge in [-0.3, -0.25) is 0 Å². The molecule has 2 aliphatic rings. The van der Waals surface area contributed by atoms with E-state index in [9.17, 15) is 0 Å². The van der Waals surface area contributed by atoms with Crippen molar-refractivity contribution in [3.05, 3.63) is 35.7 Å². The van der Waals surface area contributed by atoms with Gasteiger partial charge < -0.3 is 18.6 Å². The molecule has 21 heavy (non-hydrogen) atoms. The highest BCUT2D eigenvalue weighted by Crippen LogP contribution is 2.22. The van der Waals surface area contributed by atoms with Crippen LogP contribution in [0.4, 0.5) is 0 Å². The van der Waals surface area contributed by atoms with E-state index < -0.39 is 0 Å². The second-order valence-corrected chi connectivity index (χ2v) is 5.85. The molecule has 0 spiro atoms. The molecule has 2 aromatic rings. The number of hydrogen-bond acceptors (Lipinski definition) is 5. The van der Waals surface area contributed by atoms with Crippen LogP contribution in [0.15, 0.2) is 35.7 Å². The molecule has 4 nitrogen and oxygen atoms in total. The van der Waals surface area contributed by atoms with E-state index >= 15 is 0 Å². The van der Waals surface area contributed by atoms with Crippen LogP contribution in [0, 0.1) is 0 Å². The van der Waals surface area contributed by atoms with Gasteiger partial charge in [0.1, 0.15) is 0 Å². The lowest BCUT2D eigenvalue weighted by atomic mass is 9.68. The van der Waals surface area contributed by atoms with E-state index in [4.69, 9.17) is 18.6 Å². The molecule has 0 N–H and O–H groups in total. The third-order valence-corrected chi connectivity index (χ3v) is 4.66. The van der Waals surface area contributed by atoms with Crippen molar-refractivity contribution in [1.82, 2.24) is 0 Å². The molecule has 0 aliphatic carbocycles. The van der Waals surface area contributed by atoms with Gasteiger partial charge in [0.05, 0.1) is 26.4 Å². The van der Waals surface area contributed by atoms with E-state index in [2.05, 4.69) is 17.5 Å². The Morgan fingerprint density at radius 1 is 0.810 bits per heavy atom. The third kappa shape index (κ3) is 2.56. The topological polar surface area (TPSA) is 36.9 Å². The molecule has 1 aromatic carbocycles. The summed E-state index contributed by atoms with van der Waals surface area (Å²) in [5, 5.41) is 2.14. The van der Waals surface area contributed by atoms with Gasteiger partial charge in [0.15, 0.2) is 0 Å². The van der Waals surface area contributed by atoms with Crippen molar-refractivity contribution in [2.24, 2.45) is 0 Å². The lowest BCUT2D eigenvalue weighted by Crippen LogP contribution is -2.48. The molecule has 0 amide bonds. The molecule has 3 heterocycles. The Morgan fingerprint density at radius 3 is 2.10 bits per heavy atom. The average Bonchev–Trinajstić information content (AvgIpc) is 3.27. The van der Waals surface area contributed by atoms with E-state index in [0.717, 1.165) is 21.4 Å². The zero-order valence-corrected chi connectivity index (χ0v) is 12.3. The summed E-state index contributed by atoms with van der Waals surface area (Å²) >= 11 is 1.65. The maximum atomic E-state index is 5.73. The van der Waals surface area contributed by atoms with Gasteiger partial charge in [-0.25, -0.2) is 0 Å². The normalized spacial score (nSPS) is 18.7. The summed E-state index contributed by atoms with van der Waals surface area (Å²) in [5.74, 6) is 0. The fourth-order valence-corrected chi connectivity index (χ4v) is 3.77. The first kappa shape index (κ1) is 13.5. The minimum Gasteiger partial charge on any atom is -0.405 e. The third-order valence-electron chi connectivity index (χ3n) is 3.64. The summed E-state index contributed by atoms with van der Waals surface area (Å²) in [5.41, 5.74) is 3.35. The van der Waals surface area contributed by atoms with E-state index in [1.807, 2.05) is 18.2 Å². The van der Waals surface area contributed by atoms with Crippen LogP contribution in [-0.4, -0.2) is 40.7 Å². The molecule has 106 valence electrons. The first-order chi connectivity index (χ1) is 10.4. The monoisotopic (exact) mass is 300 g/mol. The van der Waals surface area contributed by atoms with Gasteiger partial charge in [0.25, 0.3) is 0 Å². The average molecular weight is 300 g/mol. The Morgan fingerprint density at radius 2 is 1.43 bits per heavy atom. The lowest BCUT2D eigenvalue weighted by molar-refractivity contribution is 0.365. The molecule has 0 atom stereocenters. The standard InChI is InChI=1S/C14H14B2O4S/c1-2-4-11(5-3-1)12-10-21-14(16-19-8-9-20-16)13(12)15-17-6-7-18-15/h1-5,10H,6-9H2. The Bertz CT molecular complexity index is 607. The van der Waals surface area contributed by atoms with Gasteiger partial charge in [0, 0.05) is 10.2 Å². The quantitative estimate of drug-likeness (QED) is 0.789. The van der Waals surface area contributed by atoms with Gasteiger partial charge in [-0.1, -0.05) is 30.3 Å². The predicted octanol–water partition coefficient (Wildman–Crippen LogP) is 0.899. The van der Waals surface area contributed by atoms with Gasteiger partial charge >= 0.3 is 14.2 Å². The second-order valence-electron chi connectivity index (χ2n) is 4.94. The van der Waals surface area contributed by atoms with E-state index in [0.29, 0.717) is 26.4 Å². The molecule has 0 saturated carbocycles. The molecule has 1 aromatic heterocycles. The summed E-state index contributed by atoms with van der Waals surface area (Å²) in [4.78, 5) is 0. The first-order valence-corrected chi connectivity index (χ1v) is 7.94. The SMILES string of the molecule is c1ccc(-c2csc(B3OCCO3)c2B2OCCO2)cc1. The van der Waals surface area contributed by atoms with Gasteiger partial charge in [0.2, 0.25) is 0 Å². The summed E-state index contributed by atoms with van der Waals surface area (Å²) in [7, 11) is -0.621. The van der Waals surface area contributed by atoms with Crippen LogP contribution in [0.25, 0.3) is 11.1 Å². The molecule has 4 rings (SSSR count). The van der Waals surface area contributed by atoms with Crippen molar-refractivity contribution in [1.29, 1.82) is 0 Å². The van der Waals surface area contributed by atoms with Gasteiger partial charge in [-0.05, 0) is 16.5 Å². The Hall–Kier alpha value is -1.11. The zero-order valence-electron chi connectivity index (χ0n) is 11.5. The van der Waals surface area contributed by atoms with Crippen LogP contribution < -0.4 is 10.2 Å². The first-order valence-electron chi connectivity index (χ1n) is 7.06. The predicted molar refractivity (Wildman–Crippen MR) is 84.3 cm³/mol. The maximum Gasteiger partial charge on any atom is 0.504 e. The van der Waals surface area contributed by atoms with Crippen molar-refractivity contribution >= 4 is 35.8 Å². The van der Waals surface area contributed by atoms with Crippen LogP contribution in [-0.2, 0) is 18.6 Å². The van der Waals surface area contributed by atoms with Crippen LogP contribution in [0.1, 0.15) is 0 Å². The van der Waals surface area contributed by atoms with E-state index in [1.165, 1.54) is 0 Å². The molecular weight excluding hydrogens is 286 g/mol. The van der Waals surface area contributed by atoms with Crippen molar-refractivity contribution in [3.63, 3.8) is 0 Å². The highest BCUT2D eigenvalue weighted by atomic mass is 32.1. The van der Waals surface area contributed by atoms with Crippen molar-refractivity contribution in [3.8, 4) is 11.1 Å². The Labute approximate surface area is 128 Å². The summed E-state index contributed by atoms with van der Waals surface area (Å²) in [6, 6.07) is 10.3. The fourth-order valence-electron chi connectivity index (χ4n) is 2.68. The van der Waals surface area contributed by atoms with Crippen LogP contribution in [0.2, 0.25) is 0 Å². The van der Waals surface area contributed by atoms with E-state index in [1.54, 1.807) is 11.3 Å². The Balaban J connectivity index is 1.79. The van der Waals surface area contributed by atoms with Crippen molar-refractivity contribution < 1.29 is 18.6 Å². The summed E-state index contributed by atoms with van der Waals surface area (Å²) in [6.07, 6.45) is 0. The van der Waals surface area contributed by atoms with Crippen molar-refractivity contribution in [2.75, 3.05) is 26.4 Å². The van der Waals surface area contributed by atoms with Crippen molar-refractivity contribution in [2.45, 2.75) is 0 Å². The molecule has 0 unspecified atom stereocenters. The number of rotatable bonds is 3. The molecular formula is C14H14B2O4S. The minimum absolute atomic E-state index is 0.296. The highest BCUT2D eigenvalue weighted by molar-refractivity contribution is 7.23. The van der Waals surface area contributed by atoms with Crippen LogP contribution in [0.3, 0.4) is 0 Å². The molecule has 0 bridgehead atoms. The van der Waals surface area contributed by atoms with Gasteiger partial charge in [-0.2, -0.15) is 11.3 Å². The second kappa shape index (κ2) is 5.94. The van der Waals surface area contributed by atoms with Crippen LogP contribution in [0.5, 0.6) is 0 Å². The zero-order chi connectivity index (χ0) is 14.1. The fraction of sp³-hybridized carbons (Fsp3) is 0.286. The number of thiophene rings is 1. The summed E-state index contributed by atoms with van der Waals surface area (Å²) in [6.45, 7) is 2.52. The largest absolute Gasteiger partial charge is 0.504 e. The molecule has 2 aliphatic heterocycles.